The van der Waals surface area contributed by atoms with E-state index in [4.69, 9.17) is 16.9 Å². The standard InChI is InChI=1S/C13H15ClN2O3S/c14-10-7-9(8-15)5-6-13(10)20(18,19)16-11-3-1-2-4-12(11)17/h5-7,11-12,16-17H,1-4H2/t11-,12-/m1/s1. The topological polar surface area (TPSA) is 90.2 Å². The van der Waals surface area contributed by atoms with E-state index in [1.165, 1.54) is 18.2 Å². The van der Waals surface area contributed by atoms with E-state index in [0.717, 1.165) is 12.8 Å². The molecule has 0 radical (unpaired) electrons. The van der Waals surface area contributed by atoms with Gasteiger partial charge in [0.25, 0.3) is 0 Å². The lowest BCUT2D eigenvalue weighted by Gasteiger charge is -2.28. The van der Waals surface area contributed by atoms with Crippen LogP contribution >= 0.6 is 11.6 Å². The lowest BCUT2D eigenvalue weighted by molar-refractivity contribution is 0.101. The van der Waals surface area contributed by atoms with Crippen molar-refractivity contribution >= 4 is 21.6 Å². The minimum Gasteiger partial charge on any atom is -0.391 e. The van der Waals surface area contributed by atoms with Crippen LogP contribution in [0.5, 0.6) is 0 Å². The average molecular weight is 315 g/mol. The van der Waals surface area contributed by atoms with Gasteiger partial charge in [-0.1, -0.05) is 24.4 Å². The summed E-state index contributed by atoms with van der Waals surface area (Å²) >= 11 is 5.91. The maximum Gasteiger partial charge on any atom is 0.242 e. The van der Waals surface area contributed by atoms with E-state index in [9.17, 15) is 13.5 Å². The zero-order valence-electron chi connectivity index (χ0n) is 10.7. The van der Waals surface area contributed by atoms with Crippen LogP contribution in [0.1, 0.15) is 31.2 Å². The van der Waals surface area contributed by atoms with Gasteiger partial charge in [0.1, 0.15) is 4.90 Å². The van der Waals surface area contributed by atoms with Crippen LogP contribution in [0.2, 0.25) is 5.02 Å². The summed E-state index contributed by atoms with van der Waals surface area (Å²) in [5.74, 6) is 0. The number of nitrogens with one attached hydrogen (secondary N) is 1. The summed E-state index contributed by atoms with van der Waals surface area (Å²) in [5.41, 5.74) is 0.298. The van der Waals surface area contributed by atoms with Gasteiger partial charge in [0.05, 0.1) is 22.8 Å². The van der Waals surface area contributed by atoms with Crippen LogP contribution < -0.4 is 4.72 Å². The Morgan fingerprint density at radius 2 is 2.05 bits per heavy atom. The Morgan fingerprint density at radius 3 is 2.65 bits per heavy atom. The van der Waals surface area contributed by atoms with E-state index in [-0.39, 0.29) is 9.92 Å². The molecule has 5 nitrogen and oxygen atoms in total. The zero-order chi connectivity index (χ0) is 14.8. The monoisotopic (exact) mass is 314 g/mol. The molecule has 108 valence electrons. The molecule has 0 aromatic heterocycles. The van der Waals surface area contributed by atoms with Gasteiger partial charge in [0.2, 0.25) is 10.0 Å². The van der Waals surface area contributed by atoms with Crippen molar-refractivity contribution in [2.75, 3.05) is 0 Å². The maximum absolute atomic E-state index is 12.3. The molecule has 0 heterocycles. The summed E-state index contributed by atoms with van der Waals surface area (Å²) in [6.07, 6.45) is 2.31. The van der Waals surface area contributed by atoms with Crippen LogP contribution in [0.15, 0.2) is 23.1 Å². The third kappa shape index (κ3) is 3.30. The van der Waals surface area contributed by atoms with Gasteiger partial charge in [0, 0.05) is 6.04 Å². The van der Waals surface area contributed by atoms with E-state index in [1.54, 1.807) is 0 Å². The molecule has 1 aliphatic rings. The lowest BCUT2D eigenvalue weighted by Crippen LogP contribution is -2.45. The number of aliphatic hydroxyl groups is 1. The molecule has 0 bridgehead atoms. The van der Waals surface area contributed by atoms with Crippen LogP contribution in [0.25, 0.3) is 0 Å². The Hall–Kier alpha value is -1.13. The first kappa shape index (κ1) is 15.3. The van der Waals surface area contributed by atoms with E-state index in [2.05, 4.69) is 4.72 Å². The molecule has 7 heteroatoms. The Morgan fingerprint density at radius 1 is 1.35 bits per heavy atom. The first-order chi connectivity index (χ1) is 9.44. The molecule has 1 aromatic carbocycles. The van der Waals surface area contributed by atoms with Crippen molar-refractivity contribution < 1.29 is 13.5 Å². The Labute approximate surface area is 123 Å². The highest BCUT2D eigenvalue weighted by atomic mass is 35.5. The highest BCUT2D eigenvalue weighted by Gasteiger charge is 2.29. The molecule has 0 amide bonds. The summed E-state index contributed by atoms with van der Waals surface area (Å²) in [6.45, 7) is 0. The van der Waals surface area contributed by atoms with E-state index >= 15 is 0 Å². The molecule has 2 N–H and O–H groups in total. The zero-order valence-corrected chi connectivity index (χ0v) is 12.3. The van der Waals surface area contributed by atoms with Crippen molar-refractivity contribution in [3.05, 3.63) is 28.8 Å². The number of hydrogen-bond donors (Lipinski definition) is 2. The Bertz CT molecular complexity index is 640. The summed E-state index contributed by atoms with van der Waals surface area (Å²) < 4.78 is 27.0. The van der Waals surface area contributed by atoms with Crippen molar-refractivity contribution in [2.45, 2.75) is 42.7 Å². The molecule has 20 heavy (non-hydrogen) atoms. The molecule has 0 saturated heterocycles. The number of rotatable bonds is 3. The third-order valence-corrected chi connectivity index (χ3v) is 5.36. The average Bonchev–Trinajstić information content (AvgIpc) is 2.40. The smallest absolute Gasteiger partial charge is 0.242 e. The predicted octanol–water partition coefficient (Wildman–Crippen LogP) is 1.79. The molecule has 0 spiro atoms. The number of sulfonamides is 1. The fraction of sp³-hybridized carbons (Fsp3) is 0.462. The highest BCUT2D eigenvalue weighted by Crippen LogP contribution is 2.25. The molecule has 2 atom stereocenters. The second-order valence-corrected chi connectivity index (χ2v) is 6.93. The molecule has 0 aliphatic heterocycles. The van der Waals surface area contributed by atoms with Crippen molar-refractivity contribution in [2.24, 2.45) is 0 Å². The normalized spacial score (nSPS) is 23.2. The van der Waals surface area contributed by atoms with Gasteiger partial charge >= 0.3 is 0 Å². The summed E-state index contributed by atoms with van der Waals surface area (Å²) in [5, 5.41) is 18.6. The minimum absolute atomic E-state index is 0.00171. The summed E-state index contributed by atoms with van der Waals surface area (Å²) in [6, 6.07) is 5.43. The molecule has 2 rings (SSSR count). The fourth-order valence-electron chi connectivity index (χ4n) is 2.30. The van der Waals surface area contributed by atoms with Crippen LogP contribution in [0, 0.1) is 11.3 Å². The van der Waals surface area contributed by atoms with Gasteiger partial charge in [0.15, 0.2) is 0 Å². The van der Waals surface area contributed by atoms with Crippen LogP contribution in [0.3, 0.4) is 0 Å². The predicted molar refractivity (Wildman–Crippen MR) is 74.8 cm³/mol. The Balaban J connectivity index is 2.24. The first-order valence-corrected chi connectivity index (χ1v) is 8.20. The number of nitriles is 1. The fourth-order valence-corrected chi connectivity index (χ4v) is 4.15. The van der Waals surface area contributed by atoms with Gasteiger partial charge in [-0.05, 0) is 31.0 Å². The third-order valence-electron chi connectivity index (χ3n) is 3.39. The van der Waals surface area contributed by atoms with E-state index < -0.39 is 22.2 Å². The van der Waals surface area contributed by atoms with Crippen molar-refractivity contribution in [1.29, 1.82) is 5.26 Å². The van der Waals surface area contributed by atoms with Crippen molar-refractivity contribution in [3.63, 3.8) is 0 Å². The lowest BCUT2D eigenvalue weighted by atomic mass is 9.93. The summed E-state index contributed by atoms with van der Waals surface area (Å²) in [4.78, 5) is -0.0732. The maximum atomic E-state index is 12.3. The number of benzene rings is 1. The second-order valence-electron chi connectivity index (χ2n) is 4.84. The number of aliphatic hydroxyl groups excluding tert-OH is 1. The molecule has 1 fully saturated rings. The number of halogens is 1. The van der Waals surface area contributed by atoms with Gasteiger partial charge in [-0.2, -0.15) is 5.26 Å². The van der Waals surface area contributed by atoms with Gasteiger partial charge in [-0.25, -0.2) is 13.1 Å². The first-order valence-electron chi connectivity index (χ1n) is 6.34. The largest absolute Gasteiger partial charge is 0.391 e. The minimum atomic E-state index is -3.80. The van der Waals surface area contributed by atoms with Crippen molar-refractivity contribution in [1.82, 2.24) is 4.72 Å². The molecule has 1 saturated carbocycles. The molecule has 0 unspecified atom stereocenters. The molecular weight excluding hydrogens is 300 g/mol. The van der Waals surface area contributed by atoms with Crippen LogP contribution in [-0.4, -0.2) is 25.7 Å². The number of hydrogen-bond acceptors (Lipinski definition) is 4. The molecular formula is C13H15ClN2O3S. The number of nitrogens with zero attached hydrogens (tertiary/aromatic N) is 1. The second kappa shape index (κ2) is 6.10. The highest BCUT2D eigenvalue weighted by molar-refractivity contribution is 7.89. The van der Waals surface area contributed by atoms with Crippen LogP contribution in [-0.2, 0) is 10.0 Å². The quantitative estimate of drug-likeness (QED) is 0.890. The Kier molecular flexibility index (Phi) is 4.66. The molecule has 1 aromatic rings. The summed E-state index contributed by atoms with van der Waals surface area (Å²) in [7, 11) is -3.80. The van der Waals surface area contributed by atoms with E-state index in [0.29, 0.717) is 18.4 Å². The van der Waals surface area contributed by atoms with Gasteiger partial charge in [-0.3, -0.25) is 0 Å². The van der Waals surface area contributed by atoms with Gasteiger partial charge < -0.3 is 5.11 Å². The SMILES string of the molecule is N#Cc1ccc(S(=O)(=O)N[C@@H]2CCCC[C@H]2O)c(Cl)c1. The van der Waals surface area contributed by atoms with Crippen molar-refractivity contribution in [3.8, 4) is 6.07 Å². The van der Waals surface area contributed by atoms with E-state index in [1.807, 2.05) is 6.07 Å². The van der Waals surface area contributed by atoms with Crippen LogP contribution in [0.4, 0.5) is 0 Å². The molecule has 1 aliphatic carbocycles. The van der Waals surface area contributed by atoms with Gasteiger partial charge in [-0.15, -0.1) is 0 Å².